The van der Waals surface area contributed by atoms with Gasteiger partial charge >= 0.3 is 0 Å². The maximum Gasteiger partial charge on any atom is 0.159 e. The fourth-order valence-electron chi connectivity index (χ4n) is 2.83. The third kappa shape index (κ3) is 5.64. The molecule has 2 aromatic carbocycles. The zero-order chi connectivity index (χ0) is 21.3. The van der Waals surface area contributed by atoms with Gasteiger partial charge in [-0.1, -0.05) is 47.3 Å². The summed E-state index contributed by atoms with van der Waals surface area (Å²) in [6.45, 7) is 0.781. The first kappa shape index (κ1) is 20.0. The SMILES string of the molecule is Fc1ccccc1C#Cc1ccc(/C(Cn2ccnc2)=N/OCc2ccccn2)cc1. The van der Waals surface area contributed by atoms with Gasteiger partial charge in [-0.05, 0) is 36.4 Å². The lowest BCUT2D eigenvalue weighted by Crippen LogP contribution is -2.11. The molecule has 0 bridgehead atoms. The first-order valence-corrected chi connectivity index (χ1v) is 9.69. The molecule has 0 aliphatic heterocycles. The third-order valence-electron chi connectivity index (χ3n) is 4.44. The highest BCUT2D eigenvalue weighted by atomic mass is 19.1. The fraction of sp³-hybridized carbons (Fsp3) is 0.0800. The van der Waals surface area contributed by atoms with Crippen molar-refractivity contribution in [3.05, 3.63) is 120 Å². The number of halogens is 1. The molecule has 0 aliphatic rings. The second kappa shape index (κ2) is 9.99. The lowest BCUT2D eigenvalue weighted by atomic mass is 10.1. The molecular weight excluding hydrogens is 391 g/mol. The quantitative estimate of drug-likeness (QED) is 0.268. The Labute approximate surface area is 179 Å². The van der Waals surface area contributed by atoms with Gasteiger partial charge in [-0.25, -0.2) is 9.37 Å². The van der Waals surface area contributed by atoms with Crippen LogP contribution in [0, 0.1) is 17.7 Å². The molecule has 0 atom stereocenters. The highest BCUT2D eigenvalue weighted by Gasteiger charge is 2.07. The molecule has 152 valence electrons. The van der Waals surface area contributed by atoms with Gasteiger partial charge in [-0.15, -0.1) is 0 Å². The summed E-state index contributed by atoms with van der Waals surface area (Å²) in [7, 11) is 0. The lowest BCUT2D eigenvalue weighted by Gasteiger charge is -2.08. The van der Waals surface area contributed by atoms with E-state index in [1.807, 2.05) is 53.2 Å². The maximum absolute atomic E-state index is 13.7. The minimum Gasteiger partial charge on any atom is -0.389 e. The number of rotatable bonds is 6. The van der Waals surface area contributed by atoms with E-state index in [2.05, 4.69) is 27.0 Å². The largest absolute Gasteiger partial charge is 0.389 e. The number of aromatic nitrogens is 3. The topological polar surface area (TPSA) is 52.3 Å². The second-order valence-corrected chi connectivity index (χ2v) is 6.67. The van der Waals surface area contributed by atoms with Crippen LogP contribution in [0.1, 0.15) is 22.4 Å². The monoisotopic (exact) mass is 410 g/mol. The number of imidazole rings is 1. The molecule has 2 aromatic heterocycles. The molecule has 0 fully saturated rings. The van der Waals surface area contributed by atoms with Crippen molar-refractivity contribution in [1.82, 2.24) is 14.5 Å². The Morgan fingerprint density at radius 3 is 2.55 bits per heavy atom. The van der Waals surface area contributed by atoms with Crippen LogP contribution < -0.4 is 0 Å². The predicted molar refractivity (Wildman–Crippen MR) is 117 cm³/mol. The average Bonchev–Trinajstić information content (AvgIpc) is 3.32. The normalized spacial score (nSPS) is 10.9. The number of pyridine rings is 1. The average molecular weight is 410 g/mol. The van der Waals surface area contributed by atoms with Crippen molar-refractivity contribution in [2.24, 2.45) is 5.16 Å². The summed E-state index contributed by atoms with van der Waals surface area (Å²) in [6, 6.07) is 19.7. The van der Waals surface area contributed by atoms with Gasteiger partial charge in [0.05, 0.1) is 24.1 Å². The van der Waals surface area contributed by atoms with E-state index in [0.717, 1.165) is 22.5 Å². The number of nitrogens with zero attached hydrogens (tertiary/aromatic N) is 4. The molecule has 4 aromatic rings. The van der Waals surface area contributed by atoms with Gasteiger partial charge in [0, 0.05) is 29.7 Å². The number of oxime groups is 1. The molecule has 0 amide bonds. The number of hydrogen-bond acceptors (Lipinski definition) is 4. The van der Waals surface area contributed by atoms with Crippen LogP contribution in [0.2, 0.25) is 0 Å². The van der Waals surface area contributed by atoms with Crippen molar-refractivity contribution in [3.63, 3.8) is 0 Å². The summed E-state index contributed by atoms with van der Waals surface area (Å²) >= 11 is 0. The smallest absolute Gasteiger partial charge is 0.159 e. The molecule has 31 heavy (non-hydrogen) atoms. The zero-order valence-corrected chi connectivity index (χ0v) is 16.6. The molecule has 6 heteroatoms. The van der Waals surface area contributed by atoms with Gasteiger partial charge in [0.25, 0.3) is 0 Å². The van der Waals surface area contributed by atoms with Gasteiger partial charge in [0.1, 0.15) is 11.5 Å². The Hall–Kier alpha value is -4.24. The van der Waals surface area contributed by atoms with E-state index >= 15 is 0 Å². The van der Waals surface area contributed by atoms with Crippen LogP contribution >= 0.6 is 0 Å². The van der Waals surface area contributed by atoms with Gasteiger partial charge < -0.3 is 9.40 Å². The molecule has 0 N–H and O–H groups in total. The van der Waals surface area contributed by atoms with E-state index < -0.39 is 0 Å². The zero-order valence-electron chi connectivity index (χ0n) is 16.6. The minimum absolute atomic E-state index is 0.278. The fourth-order valence-corrected chi connectivity index (χ4v) is 2.83. The molecule has 0 unspecified atom stereocenters. The second-order valence-electron chi connectivity index (χ2n) is 6.67. The van der Waals surface area contributed by atoms with Crippen LogP contribution in [0.15, 0.2) is 96.8 Å². The van der Waals surface area contributed by atoms with E-state index in [1.165, 1.54) is 6.07 Å². The summed E-state index contributed by atoms with van der Waals surface area (Å²) in [6.07, 6.45) is 7.02. The van der Waals surface area contributed by atoms with Crippen LogP contribution in [-0.2, 0) is 18.0 Å². The van der Waals surface area contributed by atoms with E-state index in [4.69, 9.17) is 4.84 Å². The van der Waals surface area contributed by atoms with Crippen molar-refractivity contribution in [3.8, 4) is 11.8 Å². The predicted octanol–water partition coefficient (Wildman–Crippen LogP) is 4.44. The first-order chi connectivity index (χ1) is 15.3. The summed E-state index contributed by atoms with van der Waals surface area (Å²) in [5.41, 5.74) is 3.58. The summed E-state index contributed by atoms with van der Waals surface area (Å²) in [4.78, 5) is 13.9. The Bertz CT molecular complexity index is 1210. The van der Waals surface area contributed by atoms with Gasteiger partial charge in [0.2, 0.25) is 0 Å². The van der Waals surface area contributed by atoms with Gasteiger partial charge in [0.15, 0.2) is 6.61 Å². The first-order valence-electron chi connectivity index (χ1n) is 9.69. The van der Waals surface area contributed by atoms with E-state index in [9.17, 15) is 4.39 Å². The Balaban J connectivity index is 1.52. The van der Waals surface area contributed by atoms with E-state index in [0.29, 0.717) is 12.1 Å². The lowest BCUT2D eigenvalue weighted by molar-refractivity contribution is 0.127. The van der Waals surface area contributed by atoms with E-state index in [1.54, 1.807) is 36.9 Å². The molecule has 0 saturated carbocycles. The van der Waals surface area contributed by atoms with Crippen LogP contribution in [0.5, 0.6) is 0 Å². The van der Waals surface area contributed by atoms with Crippen LogP contribution in [-0.4, -0.2) is 20.2 Å². The van der Waals surface area contributed by atoms with Crippen LogP contribution in [0.3, 0.4) is 0 Å². The molecule has 4 rings (SSSR count). The highest BCUT2D eigenvalue weighted by Crippen LogP contribution is 2.10. The molecule has 0 spiro atoms. The Kier molecular flexibility index (Phi) is 6.46. The third-order valence-corrected chi connectivity index (χ3v) is 4.44. The van der Waals surface area contributed by atoms with Crippen molar-refractivity contribution >= 4 is 5.71 Å². The maximum atomic E-state index is 13.7. The van der Waals surface area contributed by atoms with Crippen LogP contribution in [0.4, 0.5) is 4.39 Å². The molecule has 0 aliphatic carbocycles. The molecule has 2 heterocycles. The number of benzene rings is 2. The molecule has 0 radical (unpaired) electrons. The van der Waals surface area contributed by atoms with Gasteiger partial charge in [-0.2, -0.15) is 0 Å². The molecule has 0 saturated heterocycles. The van der Waals surface area contributed by atoms with Crippen molar-refractivity contribution in [2.75, 3.05) is 0 Å². The summed E-state index contributed by atoms with van der Waals surface area (Å²) in [5, 5.41) is 4.34. The Morgan fingerprint density at radius 2 is 1.81 bits per heavy atom. The standard InChI is InChI=1S/C25H19FN4O/c26-24-7-2-1-5-21(24)11-8-20-9-12-22(13-10-20)25(17-30-16-15-27-19-30)29-31-18-23-6-3-4-14-28-23/h1-7,9-10,12-16,19H,17-18H2/b29-25+. The van der Waals surface area contributed by atoms with Gasteiger partial charge in [-0.3, -0.25) is 4.98 Å². The van der Waals surface area contributed by atoms with Crippen molar-refractivity contribution < 1.29 is 9.23 Å². The number of hydrogen-bond donors (Lipinski definition) is 0. The highest BCUT2D eigenvalue weighted by molar-refractivity contribution is 6.00. The van der Waals surface area contributed by atoms with Crippen LogP contribution in [0.25, 0.3) is 0 Å². The van der Waals surface area contributed by atoms with Crippen molar-refractivity contribution in [1.29, 1.82) is 0 Å². The molecule has 5 nitrogen and oxygen atoms in total. The summed E-state index contributed by atoms with van der Waals surface area (Å²) in [5.74, 6) is 5.53. The molecular formula is C25H19FN4O. The van der Waals surface area contributed by atoms with E-state index in [-0.39, 0.29) is 12.4 Å². The Morgan fingerprint density at radius 1 is 0.968 bits per heavy atom. The summed E-state index contributed by atoms with van der Waals surface area (Å²) < 4.78 is 15.7. The van der Waals surface area contributed by atoms with Crippen molar-refractivity contribution in [2.45, 2.75) is 13.2 Å². The minimum atomic E-state index is -0.327.